The van der Waals surface area contributed by atoms with E-state index in [4.69, 9.17) is 0 Å². The molecular formula is C110H172O12. The first-order valence-corrected chi connectivity index (χ1v) is 45.6. The quantitative estimate of drug-likeness (QED) is 0.0204. The highest BCUT2D eigenvalue weighted by Crippen LogP contribution is 2.34. The molecule has 0 unspecified atom stereocenters. The zero-order chi connectivity index (χ0) is 91.2. The fourth-order valence-electron chi connectivity index (χ4n) is 13.2. The summed E-state index contributed by atoms with van der Waals surface area (Å²) in [6.45, 7) is 14.6. The van der Waals surface area contributed by atoms with Crippen LogP contribution in [-0.2, 0) is 57.1 Å². The van der Waals surface area contributed by atoms with Gasteiger partial charge in [0.2, 0.25) is 0 Å². The zero-order valence-electron chi connectivity index (χ0n) is 80.3. The van der Waals surface area contributed by atoms with Crippen molar-refractivity contribution >= 4 is 23.9 Å². The summed E-state index contributed by atoms with van der Waals surface area (Å²) < 4.78 is 33.4. The van der Waals surface area contributed by atoms with Crippen LogP contribution in [0.1, 0.15) is 342 Å². The van der Waals surface area contributed by atoms with Gasteiger partial charge in [0.1, 0.15) is 0 Å². The van der Waals surface area contributed by atoms with Gasteiger partial charge < -0.3 is 37.9 Å². The molecule has 0 saturated heterocycles. The van der Waals surface area contributed by atoms with Crippen molar-refractivity contribution in [3.8, 4) is 0 Å². The number of hydrogen-bond donors (Lipinski definition) is 0. The SMILES string of the molecule is CCCCCCCCC(c1ccccc1)c1ccccc1.CCCCCCCCCC(c1ccccc1)c1ccccc1.CCCCCCCCCCC(c1ccccc1)c1ccccc1.CCCCCCCCCCCC(c1ccccc1)c1ccccc1.COC.COC.COC.COC.COC(C)=O.COC(C)=O.COC(C)=O.COC(C)=O. The number of esters is 4. The lowest BCUT2D eigenvalue weighted by Crippen LogP contribution is -2.01. The smallest absolute Gasteiger partial charge is 0.302 e. The van der Waals surface area contributed by atoms with E-state index in [1.165, 1.54) is 319 Å². The number of ether oxygens (including phenoxy) is 8. The maximum Gasteiger partial charge on any atom is 0.302 e. The monoisotopic (exact) mass is 1690 g/mol. The standard InChI is InChI=1S/C24H34.C23H32.C22H30.C21H28.4C3H6O2.4C2H6O/c1-2-3-4-5-6-7-8-9-16-21-24(22-17-12-10-13-18-22)23-19-14-11-15-20-23;1-2-3-4-5-6-7-8-15-20-23(21-16-11-9-12-17-21)22-18-13-10-14-19-22;1-2-3-4-5-6-7-14-19-22(20-15-10-8-11-16-20)21-17-12-9-13-18-21;1-2-3-4-5-6-13-18-21(19-14-9-7-10-15-19)20-16-11-8-12-17-20;4*1-3(4)5-2;4*1-3-2/h10-15,17-20,24H,2-9,16,21H2,1H3;9-14,16-19,23H,2-8,15,20H2,1H3;8-13,15-18,22H,2-7,14,19H2,1H3;7-12,14-17,21H,2-6,13,18H2,1H3;4*1-2H3;4*1-2H3. The van der Waals surface area contributed by atoms with E-state index < -0.39 is 0 Å². The molecule has 12 heteroatoms. The van der Waals surface area contributed by atoms with Gasteiger partial charge in [-0.1, -0.05) is 463 Å². The van der Waals surface area contributed by atoms with Gasteiger partial charge in [-0.3, -0.25) is 19.2 Å². The molecule has 0 N–H and O–H groups in total. The summed E-state index contributed by atoms with van der Waals surface area (Å²) in [7, 11) is 18.4. The van der Waals surface area contributed by atoms with E-state index in [9.17, 15) is 19.2 Å². The third-order valence-corrected chi connectivity index (χ3v) is 19.7. The second-order valence-corrected chi connectivity index (χ2v) is 30.3. The minimum absolute atomic E-state index is 0.245. The Morgan fingerprint density at radius 2 is 0.270 bits per heavy atom. The van der Waals surface area contributed by atoms with Crippen LogP contribution in [0.25, 0.3) is 0 Å². The van der Waals surface area contributed by atoms with Gasteiger partial charge in [0.05, 0.1) is 28.4 Å². The molecule has 122 heavy (non-hydrogen) atoms. The van der Waals surface area contributed by atoms with Gasteiger partial charge in [0.25, 0.3) is 0 Å². The lowest BCUT2D eigenvalue weighted by Gasteiger charge is -2.18. The van der Waals surface area contributed by atoms with E-state index >= 15 is 0 Å². The van der Waals surface area contributed by atoms with Crippen molar-refractivity contribution in [2.75, 3.05) is 85.3 Å². The van der Waals surface area contributed by atoms with Crippen LogP contribution in [-0.4, -0.2) is 109 Å². The molecule has 0 heterocycles. The zero-order valence-corrected chi connectivity index (χ0v) is 80.3. The Balaban J connectivity index is -0.000000678. The van der Waals surface area contributed by atoms with Crippen LogP contribution in [0.4, 0.5) is 0 Å². The van der Waals surface area contributed by atoms with Gasteiger partial charge in [-0.25, -0.2) is 0 Å². The van der Waals surface area contributed by atoms with Crippen molar-refractivity contribution in [2.45, 2.75) is 297 Å². The fourth-order valence-corrected chi connectivity index (χ4v) is 13.2. The number of carbonyl (C=O) groups excluding carboxylic acids is 4. The van der Waals surface area contributed by atoms with Crippen LogP contribution in [0.15, 0.2) is 243 Å². The molecule has 12 nitrogen and oxygen atoms in total. The number of rotatable bonds is 42. The third kappa shape index (κ3) is 76.4. The molecular weight excluding hydrogens is 1510 g/mol. The Morgan fingerprint density at radius 3 is 0.361 bits per heavy atom. The van der Waals surface area contributed by atoms with Crippen LogP contribution in [0, 0.1) is 0 Å². The Bertz CT molecular complexity index is 3160. The van der Waals surface area contributed by atoms with E-state index in [1.807, 2.05) is 0 Å². The van der Waals surface area contributed by atoms with Gasteiger partial charge in [-0.15, -0.1) is 0 Å². The van der Waals surface area contributed by atoms with Crippen molar-refractivity contribution in [3.05, 3.63) is 287 Å². The Labute approximate surface area is 746 Å². The molecule has 8 rings (SSSR count). The summed E-state index contributed by atoms with van der Waals surface area (Å²) in [5.41, 5.74) is 11.7. The molecule has 8 aromatic carbocycles. The van der Waals surface area contributed by atoms with Crippen molar-refractivity contribution in [1.82, 2.24) is 0 Å². The second kappa shape index (κ2) is 94.7. The average molecular weight is 1690 g/mol. The van der Waals surface area contributed by atoms with Gasteiger partial charge in [-0.05, 0) is 70.2 Å². The summed E-state index contributed by atoms with van der Waals surface area (Å²) in [5, 5.41) is 0. The summed E-state index contributed by atoms with van der Waals surface area (Å²) in [6.07, 6.45) is 46.7. The van der Waals surface area contributed by atoms with Crippen molar-refractivity contribution in [3.63, 3.8) is 0 Å². The minimum atomic E-state index is -0.245. The number of benzene rings is 8. The van der Waals surface area contributed by atoms with Gasteiger partial charge in [0.15, 0.2) is 0 Å². The molecule has 0 spiro atoms. The molecule has 0 fully saturated rings. The van der Waals surface area contributed by atoms with Crippen molar-refractivity contribution in [1.29, 1.82) is 0 Å². The first-order valence-electron chi connectivity index (χ1n) is 45.6. The maximum absolute atomic E-state index is 9.59. The minimum Gasteiger partial charge on any atom is -0.469 e. The first-order chi connectivity index (χ1) is 59.4. The number of methoxy groups -OCH3 is 8. The molecule has 0 saturated carbocycles. The highest BCUT2D eigenvalue weighted by atomic mass is 16.5. The van der Waals surface area contributed by atoms with E-state index in [1.54, 1.807) is 56.9 Å². The Morgan fingerprint density at radius 1 is 0.180 bits per heavy atom. The van der Waals surface area contributed by atoms with Crippen LogP contribution in [0.5, 0.6) is 0 Å². The number of carbonyl (C=O) groups is 4. The van der Waals surface area contributed by atoms with Gasteiger partial charge >= 0.3 is 23.9 Å². The van der Waals surface area contributed by atoms with Crippen molar-refractivity contribution in [2.24, 2.45) is 0 Å². The maximum atomic E-state index is 9.59. The molecule has 0 aliphatic carbocycles. The van der Waals surface area contributed by atoms with Crippen molar-refractivity contribution < 1.29 is 57.1 Å². The highest BCUT2D eigenvalue weighted by Gasteiger charge is 2.17. The molecule has 0 bridgehead atoms. The average Bonchev–Trinajstić information content (AvgIpc) is 0.874. The second-order valence-electron chi connectivity index (χ2n) is 30.3. The summed E-state index contributed by atoms with van der Waals surface area (Å²) in [6, 6.07) is 88.0. The fraction of sp³-hybridized carbons (Fsp3) is 0.527. The number of hydrogen-bond acceptors (Lipinski definition) is 12. The van der Waals surface area contributed by atoms with E-state index in [0.29, 0.717) is 23.7 Å². The summed E-state index contributed by atoms with van der Waals surface area (Å²) in [5.74, 6) is 1.23. The lowest BCUT2D eigenvalue weighted by molar-refractivity contribution is -0.138. The van der Waals surface area contributed by atoms with Crippen LogP contribution >= 0.6 is 0 Å². The molecule has 0 radical (unpaired) electrons. The topological polar surface area (TPSA) is 142 Å². The molecule has 0 atom stereocenters. The lowest BCUT2D eigenvalue weighted by atomic mass is 9.87. The molecule has 8 aromatic rings. The Hall–Kier alpha value is -8.52. The highest BCUT2D eigenvalue weighted by molar-refractivity contribution is 5.66. The molecule has 0 aliphatic heterocycles. The molecule has 0 aliphatic rings. The molecule has 684 valence electrons. The first kappa shape index (κ1) is 120. The molecule has 0 aromatic heterocycles. The van der Waals surface area contributed by atoms with E-state index in [-0.39, 0.29) is 23.9 Å². The van der Waals surface area contributed by atoms with Gasteiger partial charge in [0, 0.05) is 108 Å². The van der Waals surface area contributed by atoms with Crippen LogP contribution in [0.2, 0.25) is 0 Å². The van der Waals surface area contributed by atoms with Crippen LogP contribution < -0.4 is 0 Å². The summed E-state index contributed by atoms with van der Waals surface area (Å²) >= 11 is 0. The summed E-state index contributed by atoms with van der Waals surface area (Å²) in [4.78, 5) is 38.4. The van der Waals surface area contributed by atoms with Gasteiger partial charge in [-0.2, -0.15) is 0 Å². The Kier molecular flexibility index (Phi) is 93.0. The predicted molar refractivity (Wildman–Crippen MR) is 521 cm³/mol. The largest absolute Gasteiger partial charge is 0.469 e. The van der Waals surface area contributed by atoms with E-state index in [2.05, 4.69) is 308 Å². The number of unbranched alkanes of at least 4 members (excludes halogenated alkanes) is 26. The normalized spacial score (nSPS) is 9.84. The molecule has 0 amide bonds. The van der Waals surface area contributed by atoms with Crippen LogP contribution in [0.3, 0.4) is 0 Å². The third-order valence-electron chi connectivity index (χ3n) is 19.7. The van der Waals surface area contributed by atoms with E-state index in [0.717, 1.165) is 0 Å². The predicted octanol–water partition coefficient (Wildman–Crippen LogP) is 30.4.